The number of nitrogens with zero attached hydrogens (tertiary/aromatic N) is 2. The van der Waals surface area contributed by atoms with Gasteiger partial charge in [-0.2, -0.15) is 0 Å². The van der Waals surface area contributed by atoms with Crippen molar-refractivity contribution in [2.75, 3.05) is 19.7 Å². The molecule has 4 nitrogen and oxygen atoms in total. The number of ether oxygens (including phenoxy) is 1. The first-order valence-electron chi connectivity index (χ1n) is 6.34. The number of likely N-dealkylation sites (N-methyl/N-ethyl adjacent to an activating group) is 1. The van der Waals surface area contributed by atoms with Crippen molar-refractivity contribution in [3.05, 3.63) is 28.0 Å². The Labute approximate surface area is 122 Å². The molecule has 2 rings (SSSR count). The van der Waals surface area contributed by atoms with Crippen molar-refractivity contribution < 1.29 is 9.53 Å². The van der Waals surface area contributed by atoms with E-state index in [0.717, 1.165) is 19.4 Å². The predicted molar refractivity (Wildman–Crippen MR) is 74.8 cm³/mol. The van der Waals surface area contributed by atoms with Gasteiger partial charge in [-0.25, -0.2) is 4.98 Å². The van der Waals surface area contributed by atoms with Gasteiger partial charge < -0.3 is 9.64 Å². The molecule has 1 amide bonds. The monoisotopic (exact) mass is 302 g/mol. The van der Waals surface area contributed by atoms with E-state index in [9.17, 15) is 4.79 Å². The number of carbonyl (C=O) groups is 1. The third-order valence-corrected chi connectivity index (χ3v) is 3.65. The minimum absolute atomic E-state index is 0.113. The lowest BCUT2D eigenvalue weighted by Gasteiger charge is -2.24. The summed E-state index contributed by atoms with van der Waals surface area (Å²) in [4.78, 5) is 18.1. The fourth-order valence-corrected chi connectivity index (χ4v) is 2.44. The summed E-state index contributed by atoms with van der Waals surface area (Å²) in [5.41, 5.74) is 0.203. The van der Waals surface area contributed by atoms with Crippen molar-refractivity contribution in [1.29, 1.82) is 0 Å². The molecule has 1 aliphatic rings. The molecule has 1 fully saturated rings. The van der Waals surface area contributed by atoms with E-state index in [-0.39, 0.29) is 22.9 Å². The summed E-state index contributed by atoms with van der Waals surface area (Å²) in [7, 11) is 0. The standard InChI is InChI=1S/C13H16Cl2N2O2/c1-2-17(8-9-4-3-7-19-9)13(18)12-10(14)5-6-11(15)16-12/h5-6,9H,2-4,7-8H2,1H3. The molecule has 0 aliphatic carbocycles. The van der Waals surface area contributed by atoms with Crippen LogP contribution in [0, 0.1) is 0 Å². The molecule has 0 N–H and O–H groups in total. The molecule has 104 valence electrons. The fraction of sp³-hybridized carbons (Fsp3) is 0.538. The molecule has 1 aromatic heterocycles. The van der Waals surface area contributed by atoms with Crippen LogP contribution in [0.4, 0.5) is 0 Å². The Morgan fingerprint density at radius 2 is 2.32 bits per heavy atom. The van der Waals surface area contributed by atoms with Gasteiger partial charge in [-0.1, -0.05) is 23.2 Å². The minimum atomic E-state index is -0.203. The molecule has 19 heavy (non-hydrogen) atoms. The second kappa shape index (κ2) is 6.55. The highest BCUT2D eigenvalue weighted by atomic mass is 35.5. The van der Waals surface area contributed by atoms with Crippen LogP contribution in [0.15, 0.2) is 12.1 Å². The summed E-state index contributed by atoms with van der Waals surface area (Å²) < 4.78 is 5.55. The van der Waals surface area contributed by atoms with Crippen LogP contribution in [0.25, 0.3) is 0 Å². The zero-order valence-electron chi connectivity index (χ0n) is 10.7. The van der Waals surface area contributed by atoms with Crippen LogP contribution in [-0.4, -0.2) is 41.6 Å². The number of pyridine rings is 1. The summed E-state index contributed by atoms with van der Waals surface area (Å²) in [6.45, 7) is 3.85. The van der Waals surface area contributed by atoms with Crippen molar-refractivity contribution in [3.63, 3.8) is 0 Å². The van der Waals surface area contributed by atoms with Crippen molar-refractivity contribution >= 4 is 29.1 Å². The second-order valence-electron chi connectivity index (χ2n) is 4.44. The second-order valence-corrected chi connectivity index (χ2v) is 5.24. The molecule has 2 heterocycles. The first kappa shape index (κ1) is 14.6. The van der Waals surface area contributed by atoms with Gasteiger partial charge in [0.2, 0.25) is 0 Å². The van der Waals surface area contributed by atoms with Gasteiger partial charge in [-0.3, -0.25) is 4.79 Å². The number of amides is 1. The number of rotatable bonds is 4. The van der Waals surface area contributed by atoms with Crippen LogP contribution in [0.2, 0.25) is 10.2 Å². The minimum Gasteiger partial charge on any atom is -0.376 e. The van der Waals surface area contributed by atoms with Crippen molar-refractivity contribution in [3.8, 4) is 0 Å². The van der Waals surface area contributed by atoms with E-state index >= 15 is 0 Å². The SMILES string of the molecule is CCN(CC1CCCO1)C(=O)c1nc(Cl)ccc1Cl. The number of hydrogen-bond donors (Lipinski definition) is 0. The van der Waals surface area contributed by atoms with Gasteiger partial charge >= 0.3 is 0 Å². The Morgan fingerprint density at radius 1 is 1.53 bits per heavy atom. The zero-order chi connectivity index (χ0) is 13.8. The van der Waals surface area contributed by atoms with Crippen LogP contribution in [0.1, 0.15) is 30.3 Å². The van der Waals surface area contributed by atoms with Crippen molar-refractivity contribution in [2.45, 2.75) is 25.9 Å². The molecule has 1 saturated heterocycles. The lowest BCUT2D eigenvalue weighted by atomic mass is 10.2. The largest absolute Gasteiger partial charge is 0.376 e. The lowest BCUT2D eigenvalue weighted by Crippen LogP contribution is -2.37. The predicted octanol–water partition coefficient (Wildman–Crippen LogP) is 3.03. The molecule has 0 radical (unpaired) electrons. The maximum absolute atomic E-state index is 12.4. The highest BCUT2D eigenvalue weighted by molar-refractivity contribution is 6.34. The Hall–Kier alpha value is -0.840. The topological polar surface area (TPSA) is 42.4 Å². The summed E-state index contributed by atoms with van der Waals surface area (Å²) in [6.07, 6.45) is 2.15. The molecule has 0 bridgehead atoms. The average molecular weight is 303 g/mol. The Balaban J connectivity index is 2.12. The molecule has 1 unspecified atom stereocenters. The normalized spacial score (nSPS) is 18.6. The first-order chi connectivity index (χ1) is 9.11. The Bertz CT molecular complexity index is 462. The molecule has 1 aliphatic heterocycles. The van der Waals surface area contributed by atoms with Gasteiger partial charge in [-0.05, 0) is 31.9 Å². The van der Waals surface area contributed by atoms with E-state index in [2.05, 4.69) is 4.98 Å². The summed E-state index contributed by atoms with van der Waals surface area (Å²) in [5, 5.41) is 0.584. The third kappa shape index (κ3) is 3.59. The number of hydrogen-bond acceptors (Lipinski definition) is 3. The van der Waals surface area contributed by atoms with E-state index in [1.165, 1.54) is 0 Å². The molecule has 0 aromatic carbocycles. The van der Waals surface area contributed by atoms with Crippen LogP contribution in [0.5, 0.6) is 0 Å². The Morgan fingerprint density at radius 3 is 2.95 bits per heavy atom. The highest BCUT2D eigenvalue weighted by Gasteiger charge is 2.24. The van der Waals surface area contributed by atoms with Gasteiger partial charge in [-0.15, -0.1) is 0 Å². The molecule has 1 aromatic rings. The number of carbonyl (C=O) groups excluding carboxylic acids is 1. The lowest BCUT2D eigenvalue weighted by molar-refractivity contribution is 0.0535. The van der Waals surface area contributed by atoms with Crippen molar-refractivity contribution in [2.24, 2.45) is 0 Å². The van der Waals surface area contributed by atoms with E-state index in [1.807, 2.05) is 6.92 Å². The van der Waals surface area contributed by atoms with Gasteiger partial charge in [0.25, 0.3) is 5.91 Å². The van der Waals surface area contributed by atoms with E-state index in [1.54, 1.807) is 17.0 Å². The maximum atomic E-state index is 12.4. The molecule has 1 atom stereocenters. The van der Waals surface area contributed by atoms with Crippen LogP contribution in [0.3, 0.4) is 0 Å². The highest BCUT2D eigenvalue weighted by Crippen LogP contribution is 2.20. The maximum Gasteiger partial charge on any atom is 0.274 e. The molecule has 0 saturated carbocycles. The van der Waals surface area contributed by atoms with Crippen LogP contribution in [-0.2, 0) is 4.74 Å². The molecular weight excluding hydrogens is 287 g/mol. The summed E-state index contributed by atoms with van der Waals surface area (Å²) in [6, 6.07) is 3.15. The number of halogens is 2. The third-order valence-electron chi connectivity index (χ3n) is 3.13. The van der Waals surface area contributed by atoms with Gasteiger partial charge in [0.15, 0.2) is 0 Å². The average Bonchev–Trinajstić information content (AvgIpc) is 2.91. The summed E-state index contributed by atoms with van der Waals surface area (Å²) in [5.74, 6) is -0.203. The summed E-state index contributed by atoms with van der Waals surface area (Å²) >= 11 is 11.8. The zero-order valence-corrected chi connectivity index (χ0v) is 12.2. The van der Waals surface area contributed by atoms with Crippen LogP contribution < -0.4 is 0 Å². The first-order valence-corrected chi connectivity index (χ1v) is 7.10. The van der Waals surface area contributed by atoms with E-state index in [4.69, 9.17) is 27.9 Å². The quantitative estimate of drug-likeness (QED) is 0.803. The molecular formula is C13H16Cl2N2O2. The fourth-order valence-electron chi connectivity index (χ4n) is 2.11. The van der Waals surface area contributed by atoms with Gasteiger partial charge in [0.05, 0.1) is 11.1 Å². The molecule has 0 spiro atoms. The Kier molecular flexibility index (Phi) is 5.02. The number of aromatic nitrogens is 1. The van der Waals surface area contributed by atoms with E-state index < -0.39 is 0 Å². The van der Waals surface area contributed by atoms with Gasteiger partial charge in [0, 0.05) is 19.7 Å². The van der Waals surface area contributed by atoms with Crippen LogP contribution >= 0.6 is 23.2 Å². The smallest absolute Gasteiger partial charge is 0.274 e. The van der Waals surface area contributed by atoms with E-state index in [0.29, 0.717) is 18.1 Å². The molecule has 6 heteroatoms. The van der Waals surface area contributed by atoms with Gasteiger partial charge in [0.1, 0.15) is 10.8 Å². The van der Waals surface area contributed by atoms with Crippen molar-refractivity contribution in [1.82, 2.24) is 9.88 Å².